The Morgan fingerprint density at radius 1 is 0.786 bits per heavy atom. The summed E-state index contributed by atoms with van der Waals surface area (Å²) in [5.41, 5.74) is 2.24. The molecule has 4 rings (SSSR count). The number of amides is 2. The van der Waals surface area contributed by atoms with Crippen molar-refractivity contribution >= 4 is 23.2 Å². The molecule has 28 heavy (non-hydrogen) atoms. The first-order chi connectivity index (χ1) is 13.5. The molecule has 2 aromatic rings. The average Bonchev–Trinajstić information content (AvgIpc) is 3.17. The van der Waals surface area contributed by atoms with E-state index >= 15 is 0 Å². The van der Waals surface area contributed by atoms with Crippen molar-refractivity contribution in [1.82, 2.24) is 4.90 Å². The molecule has 0 bridgehead atoms. The zero-order valence-corrected chi connectivity index (χ0v) is 16.6. The molecule has 2 amide bonds. The fraction of sp³-hybridized carbons (Fsp3) is 0.391. The Labute approximate surface area is 166 Å². The third-order valence-electron chi connectivity index (χ3n) is 5.89. The van der Waals surface area contributed by atoms with Gasteiger partial charge in [0.2, 0.25) is 11.8 Å². The van der Waals surface area contributed by atoms with E-state index in [0.29, 0.717) is 19.6 Å². The Morgan fingerprint density at radius 2 is 1.43 bits per heavy atom. The third kappa shape index (κ3) is 3.26. The van der Waals surface area contributed by atoms with Gasteiger partial charge in [0.05, 0.1) is 0 Å². The molecule has 5 nitrogen and oxygen atoms in total. The molecule has 146 valence electrons. The Morgan fingerprint density at radius 3 is 2.14 bits per heavy atom. The van der Waals surface area contributed by atoms with E-state index in [1.54, 1.807) is 18.7 Å². The lowest BCUT2D eigenvalue weighted by atomic mass is 9.89. The van der Waals surface area contributed by atoms with Gasteiger partial charge >= 0.3 is 0 Å². The van der Waals surface area contributed by atoms with Gasteiger partial charge in [0, 0.05) is 44.1 Å². The summed E-state index contributed by atoms with van der Waals surface area (Å²) >= 11 is 0. The summed E-state index contributed by atoms with van der Waals surface area (Å²) in [6.45, 7) is 7.03. The summed E-state index contributed by atoms with van der Waals surface area (Å²) in [4.78, 5) is 32.4. The topological polar surface area (TPSA) is 43.9 Å². The maximum atomic E-state index is 13.3. The molecule has 2 aliphatic heterocycles. The van der Waals surface area contributed by atoms with Crippen LogP contribution in [0.2, 0.25) is 0 Å². The van der Waals surface area contributed by atoms with Crippen molar-refractivity contribution in [2.75, 3.05) is 42.5 Å². The van der Waals surface area contributed by atoms with Gasteiger partial charge in [0.25, 0.3) is 0 Å². The Balaban J connectivity index is 1.44. The number of benzene rings is 2. The van der Waals surface area contributed by atoms with Crippen LogP contribution in [0.3, 0.4) is 0 Å². The number of anilines is 2. The summed E-state index contributed by atoms with van der Waals surface area (Å²) < 4.78 is 0. The molecule has 1 saturated heterocycles. The van der Waals surface area contributed by atoms with E-state index in [1.807, 2.05) is 41.3 Å². The molecule has 2 aromatic carbocycles. The molecular weight excluding hydrogens is 350 g/mol. The molecule has 0 atom stereocenters. The minimum absolute atomic E-state index is 0.0745. The van der Waals surface area contributed by atoms with Crippen LogP contribution in [0.5, 0.6) is 0 Å². The number of piperazine rings is 1. The first-order valence-corrected chi connectivity index (χ1v) is 9.98. The number of carbonyl (C=O) groups is 2. The van der Waals surface area contributed by atoms with E-state index in [-0.39, 0.29) is 11.8 Å². The van der Waals surface area contributed by atoms with Crippen LogP contribution in [0, 0.1) is 5.41 Å². The lowest BCUT2D eigenvalue weighted by Crippen LogP contribution is -2.56. The fourth-order valence-electron chi connectivity index (χ4n) is 4.18. The number of fused-ring (bicyclic) bond motifs is 1. The van der Waals surface area contributed by atoms with Gasteiger partial charge in [-0.2, -0.15) is 0 Å². The second-order valence-corrected chi connectivity index (χ2v) is 8.08. The lowest BCUT2D eigenvalue weighted by Gasteiger charge is -2.39. The highest BCUT2D eigenvalue weighted by molar-refractivity contribution is 6.11. The number of hydrogen-bond acceptors (Lipinski definition) is 3. The molecule has 0 unspecified atom stereocenters. The summed E-state index contributed by atoms with van der Waals surface area (Å²) in [7, 11) is 0. The normalized spacial score (nSPS) is 16.9. The van der Waals surface area contributed by atoms with Crippen LogP contribution >= 0.6 is 0 Å². The molecule has 0 spiro atoms. The molecule has 0 aliphatic carbocycles. The SMILES string of the molecule is CC(C)(C(=O)N1CCN(c2ccccc2)CC1)C(=O)N1CCc2ccccc21. The van der Waals surface area contributed by atoms with Crippen molar-refractivity contribution in [3.63, 3.8) is 0 Å². The van der Waals surface area contributed by atoms with E-state index in [9.17, 15) is 9.59 Å². The highest BCUT2D eigenvalue weighted by atomic mass is 16.2. The smallest absolute Gasteiger partial charge is 0.242 e. The zero-order valence-electron chi connectivity index (χ0n) is 16.6. The lowest BCUT2D eigenvalue weighted by molar-refractivity contribution is -0.147. The van der Waals surface area contributed by atoms with Crippen molar-refractivity contribution in [3.8, 4) is 0 Å². The van der Waals surface area contributed by atoms with Gasteiger partial charge in [-0.1, -0.05) is 36.4 Å². The first-order valence-electron chi connectivity index (χ1n) is 9.98. The summed E-state index contributed by atoms with van der Waals surface area (Å²) in [6.07, 6.45) is 0.849. The van der Waals surface area contributed by atoms with Crippen LogP contribution in [-0.2, 0) is 16.0 Å². The zero-order chi connectivity index (χ0) is 19.7. The van der Waals surface area contributed by atoms with Crippen LogP contribution in [0.1, 0.15) is 19.4 Å². The van der Waals surface area contributed by atoms with Gasteiger partial charge in [0.15, 0.2) is 0 Å². The molecule has 1 fully saturated rings. The van der Waals surface area contributed by atoms with Gasteiger partial charge < -0.3 is 14.7 Å². The second kappa shape index (κ2) is 7.30. The van der Waals surface area contributed by atoms with Gasteiger partial charge in [-0.25, -0.2) is 0 Å². The van der Waals surface area contributed by atoms with E-state index in [2.05, 4.69) is 23.1 Å². The highest BCUT2D eigenvalue weighted by Gasteiger charge is 2.44. The standard InChI is InChI=1S/C23H27N3O2/c1-23(2,22(28)26-13-12-18-8-6-7-11-20(18)26)21(27)25-16-14-24(15-17-25)19-9-4-3-5-10-19/h3-11H,12-17H2,1-2H3. The van der Waals surface area contributed by atoms with Crippen LogP contribution in [0.25, 0.3) is 0 Å². The Hall–Kier alpha value is -2.82. The largest absolute Gasteiger partial charge is 0.368 e. The van der Waals surface area contributed by atoms with E-state index in [1.165, 1.54) is 11.3 Å². The molecular formula is C23H27N3O2. The third-order valence-corrected chi connectivity index (χ3v) is 5.89. The molecule has 0 N–H and O–H groups in total. The molecule has 2 heterocycles. The first kappa shape index (κ1) is 18.5. The molecule has 5 heteroatoms. The van der Waals surface area contributed by atoms with Crippen molar-refractivity contribution in [2.45, 2.75) is 20.3 Å². The summed E-state index contributed by atoms with van der Waals surface area (Å²) in [5.74, 6) is -0.178. The predicted octanol–water partition coefficient (Wildman–Crippen LogP) is 2.95. The van der Waals surface area contributed by atoms with Gasteiger partial charge in [-0.05, 0) is 44.0 Å². The highest BCUT2D eigenvalue weighted by Crippen LogP contribution is 2.33. The number of hydrogen-bond donors (Lipinski definition) is 0. The van der Waals surface area contributed by atoms with Crippen molar-refractivity contribution in [2.24, 2.45) is 5.41 Å². The number of rotatable bonds is 3. The monoisotopic (exact) mass is 377 g/mol. The minimum Gasteiger partial charge on any atom is -0.368 e. The number of carbonyl (C=O) groups excluding carboxylic acids is 2. The maximum Gasteiger partial charge on any atom is 0.242 e. The van der Waals surface area contributed by atoms with Crippen LogP contribution in [-0.4, -0.2) is 49.4 Å². The van der Waals surface area contributed by atoms with E-state index < -0.39 is 5.41 Å². The molecule has 0 radical (unpaired) electrons. The van der Waals surface area contributed by atoms with Gasteiger partial charge in [-0.15, -0.1) is 0 Å². The molecule has 2 aliphatic rings. The maximum absolute atomic E-state index is 13.3. The Bertz CT molecular complexity index is 870. The average molecular weight is 377 g/mol. The second-order valence-electron chi connectivity index (χ2n) is 8.08. The van der Waals surface area contributed by atoms with E-state index in [0.717, 1.165) is 25.2 Å². The van der Waals surface area contributed by atoms with Gasteiger partial charge in [-0.3, -0.25) is 9.59 Å². The predicted molar refractivity (Wildman–Crippen MR) is 112 cm³/mol. The Kier molecular flexibility index (Phi) is 4.84. The van der Waals surface area contributed by atoms with Crippen LogP contribution in [0.15, 0.2) is 54.6 Å². The van der Waals surface area contributed by atoms with Crippen molar-refractivity contribution in [3.05, 3.63) is 60.2 Å². The number of para-hydroxylation sites is 2. The molecule has 0 aromatic heterocycles. The van der Waals surface area contributed by atoms with Crippen molar-refractivity contribution in [1.29, 1.82) is 0 Å². The fourth-order valence-corrected chi connectivity index (χ4v) is 4.18. The minimum atomic E-state index is -1.06. The number of nitrogens with zero attached hydrogens (tertiary/aromatic N) is 3. The van der Waals surface area contributed by atoms with Crippen LogP contribution < -0.4 is 9.80 Å². The summed E-state index contributed by atoms with van der Waals surface area (Å²) in [6, 6.07) is 18.2. The van der Waals surface area contributed by atoms with Gasteiger partial charge in [0.1, 0.15) is 5.41 Å². The molecule has 0 saturated carbocycles. The van der Waals surface area contributed by atoms with Crippen LogP contribution in [0.4, 0.5) is 11.4 Å². The summed E-state index contributed by atoms with van der Waals surface area (Å²) in [5, 5.41) is 0. The van der Waals surface area contributed by atoms with Crippen molar-refractivity contribution < 1.29 is 9.59 Å². The quantitative estimate of drug-likeness (QED) is 0.773. The van der Waals surface area contributed by atoms with E-state index in [4.69, 9.17) is 0 Å².